The van der Waals surface area contributed by atoms with E-state index >= 15 is 0 Å². The van der Waals surface area contributed by atoms with Crippen molar-refractivity contribution in [3.05, 3.63) is 29.6 Å². The van der Waals surface area contributed by atoms with Crippen LogP contribution in [0.2, 0.25) is 0 Å². The van der Waals surface area contributed by atoms with Gasteiger partial charge in [0, 0.05) is 61.2 Å². The van der Waals surface area contributed by atoms with Gasteiger partial charge in [0.25, 0.3) is 0 Å². The average molecular weight is 516 g/mol. The predicted octanol–water partition coefficient (Wildman–Crippen LogP) is 2.43. The third kappa shape index (κ3) is 5.37. The predicted molar refractivity (Wildman–Crippen MR) is 117 cm³/mol. The number of fused-ring (bicyclic) bond motifs is 1. The van der Waals surface area contributed by atoms with Gasteiger partial charge in [-0.1, -0.05) is 0 Å². The van der Waals surface area contributed by atoms with Crippen LogP contribution in [-0.2, 0) is 16.1 Å². The first-order valence-corrected chi connectivity index (χ1v) is 12.1. The molecule has 3 saturated heterocycles. The maximum atomic E-state index is 14.1. The van der Waals surface area contributed by atoms with Crippen molar-refractivity contribution >= 4 is 12.0 Å². The van der Waals surface area contributed by atoms with Gasteiger partial charge in [0.2, 0.25) is 5.91 Å². The van der Waals surface area contributed by atoms with E-state index in [1.807, 2.05) is 4.90 Å². The van der Waals surface area contributed by atoms with Crippen LogP contribution in [0, 0.1) is 17.2 Å². The summed E-state index contributed by atoms with van der Waals surface area (Å²) in [6, 6.07) is 3.29. The van der Waals surface area contributed by atoms with Gasteiger partial charge in [-0.05, 0) is 44.2 Å². The highest BCUT2D eigenvalue weighted by atomic mass is 19.4. The highest BCUT2D eigenvalue weighted by Gasteiger charge is 2.49. The zero-order chi connectivity index (χ0) is 25.5. The summed E-state index contributed by atoms with van der Waals surface area (Å²) < 4.78 is 59.7. The average Bonchev–Trinajstić information content (AvgIpc) is 3.28. The van der Waals surface area contributed by atoms with Crippen LogP contribution in [0.25, 0.3) is 0 Å². The second-order valence-electron chi connectivity index (χ2n) is 10.2. The Bertz CT molecular complexity index is 993. The second kappa shape index (κ2) is 9.67. The molecule has 4 aliphatic rings. The van der Waals surface area contributed by atoms with E-state index in [1.165, 1.54) is 0 Å². The lowest BCUT2D eigenvalue weighted by molar-refractivity contribution is -0.274. The molecule has 3 atom stereocenters. The third-order valence-electron chi connectivity index (χ3n) is 7.77. The number of amides is 2. The molecule has 5 rings (SSSR count). The minimum atomic E-state index is -4.92. The van der Waals surface area contributed by atoms with E-state index in [-0.39, 0.29) is 28.8 Å². The molecule has 3 heterocycles. The number of carbonyl (C=O) groups is 2. The number of carbonyl (C=O) groups excluding carboxylic acids is 2. The second-order valence-corrected chi connectivity index (χ2v) is 10.2. The Morgan fingerprint density at radius 1 is 1.06 bits per heavy atom. The number of nitrogens with one attached hydrogen (secondary N) is 3. The van der Waals surface area contributed by atoms with Crippen molar-refractivity contribution in [3.8, 4) is 5.75 Å². The highest BCUT2D eigenvalue weighted by Crippen LogP contribution is 2.42. The fraction of sp³-hybridized carbons (Fsp3) is 0.652. The Morgan fingerprint density at radius 3 is 2.47 bits per heavy atom. The molecule has 9 nitrogen and oxygen atoms in total. The first-order chi connectivity index (χ1) is 17.1. The zero-order valence-electron chi connectivity index (χ0n) is 19.6. The topological polar surface area (TPSA) is 95.2 Å². The number of hydrogen-bond donors (Lipinski definition) is 3. The molecule has 0 aromatic heterocycles. The van der Waals surface area contributed by atoms with Crippen LogP contribution in [0.5, 0.6) is 5.75 Å². The summed E-state index contributed by atoms with van der Waals surface area (Å²) in [6.07, 6.45) is -1.40. The molecular formula is C23H29F4N5O4. The quantitative estimate of drug-likeness (QED) is 0.531. The number of alkyl halides is 3. The standard InChI is InChI=1S/C23H29F4N5O4/c24-17-10-16(36-23(25,26)27)3-1-15(17)11-35-21(34)31-7-5-22(6-8-31)12-32(13-22)20(33)14-2-4-18-19(9-14)29-30-28-18/h1,3,10,14,18-19,28-30H,2,4-9,11-13H2/t14-,18?,19?/m1/s1. The van der Waals surface area contributed by atoms with Crippen LogP contribution >= 0.6 is 0 Å². The summed E-state index contributed by atoms with van der Waals surface area (Å²) in [5.74, 6) is -1.39. The van der Waals surface area contributed by atoms with Crippen LogP contribution in [0.3, 0.4) is 0 Å². The Balaban J connectivity index is 1.05. The molecule has 1 aromatic carbocycles. The molecule has 2 amide bonds. The molecular weight excluding hydrogens is 486 g/mol. The Morgan fingerprint density at radius 2 is 1.78 bits per heavy atom. The number of nitrogens with zero attached hydrogens (tertiary/aromatic N) is 2. The van der Waals surface area contributed by atoms with Crippen molar-refractivity contribution in [1.29, 1.82) is 0 Å². The van der Waals surface area contributed by atoms with Crippen molar-refractivity contribution < 1.29 is 36.6 Å². The van der Waals surface area contributed by atoms with E-state index in [1.54, 1.807) is 4.90 Å². The molecule has 13 heteroatoms. The molecule has 198 valence electrons. The lowest BCUT2D eigenvalue weighted by Gasteiger charge is -2.54. The van der Waals surface area contributed by atoms with E-state index in [0.717, 1.165) is 44.2 Å². The van der Waals surface area contributed by atoms with Crippen molar-refractivity contribution in [1.82, 2.24) is 26.2 Å². The molecule has 1 saturated carbocycles. The summed E-state index contributed by atoms with van der Waals surface area (Å²) in [5, 5.41) is 0. The lowest BCUT2D eigenvalue weighted by Crippen LogP contribution is -2.63. The molecule has 36 heavy (non-hydrogen) atoms. The van der Waals surface area contributed by atoms with Crippen molar-refractivity contribution in [2.45, 2.75) is 57.2 Å². The van der Waals surface area contributed by atoms with Crippen LogP contribution in [-0.4, -0.2) is 66.4 Å². The molecule has 0 bridgehead atoms. The molecule has 3 aliphatic heterocycles. The maximum Gasteiger partial charge on any atom is 0.573 e. The summed E-state index contributed by atoms with van der Waals surface area (Å²) in [7, 11) is 0. The molecule has 3 N–H and O–H groups in total. The van der Waals surface area contributed by atoms with Crippen LogP contribution in [0.1, 0.15) is 37.7 Å². The summed E-state index contributed by atoms with van der Waals surface area (Å²) in [5.41, 5.74) is 9.26. The van der Waals surface area contributed by atoms with Gasteiger partial charge in [-0.15, -0.1) is 13.2 Å². The molecule has 1 aliphatic carbocycles. The summed E-state index contributed by atoms with van der Waals surface area (Å²) in [4.78, 5) is 28.9. The van der Waals surface area contributed by atoms with Gasteiger partial charge in [0.15, 0.2) is 0 Å². The van der Waals surface area contributed by atoms with Gasteiger partial charge in [0.05, 0.1) is 0 Å². The van der Waals surface area contributed by atoms with Gasteiger partial charge in [-0.2, -0.15) is 5.53 Å². The van der Waals surface area contributed by atoms with E-state index in [0.29, 0.717) is 38.3 Å². The fourth-order valence-corrected chi connectivity index (χ4v) is 5.68. The van der Waals surface area contributed by atoms with Gasteiger partial charge in [-0.3, -0.25) is 4.79 Å². The van der Waals surface area contributed by atoms with Crippen molar-refractivity contribution in [2.75, 3.05) is 26.2 Å². The third-order valence-corrected chi connectivity index (χ3v) is 7.77. The van der Waals surface area contributed by atoms with E-state index in [4.69, 9.17) is 4.74 Å². The molecule has 2 unspecified atom stereocenters. The number of hydrogen-bond acceptors (Lipinski definition) is 7. The Labute approximate surface area is 205 Å². The number of piperidine rings is 1. The van der Waals surface area contributed by atoms with E-state index in [9.17, 15) is 27.2 Å². The SMILES string of the molecule is O=C(OCc1ccc(OC(F)(F)F)cc1F)N1CCC2(CC1)CN(C(=O)[C@@H]1CCC3NNNC3C1)C2. The van der Waals surface area contributed by atoms with Gasteiger partial charge >= 0.3 is 12.5 Å². The van der Waals surface area contributed by atoms with Crippen LogP contribution in [0.4, 0.5) is 22.4 Å². The Kier molecular flexibility index (Phi) is 6.72. The molecule has 1 spiro atoms. The molecule has 0 radical (unpaired) electrons. The number of ether oxygens (including phenoxy) is 2. The smallest absolute Gasteiger partial charge is 0.444 e. The van der Waals surface area contributed by atoms with E-state index < -0.39 is 30.6 Å². The number of likely N-dealkylation sites (tertiary alicyclic amines) is 2. The molecule has 4 fully saturated rings. The first-order valence-electron chi connectivity index (χ1n) is 12.1. The summed E-state index contributed by atoms with van der Waals surface area (Å²) in [6.45, 7) is 1.93. The lowest BCUT2D eigenvalue weighted by atomic mass is 9.71. The minimum absolute atomic E-state index is 0.0127. The Hall–Kier alpha value is -2.64. The normalized spacial score (nSPS) is 27.4. The van der Waals surface area contributed by atoms with E-state index in [2.05, 4.69) is 21.1 Å². The monoisotopic (exact) mass is 515 g/mol. The number of rotatable bonds is 4. The zero-order valence-corrected chi connectivity index (χ0v) is 19.6. The fourth-order valence-electron chi connectivity index (χ4n) is 5.68. The van der Waals surface area contributed by atoms with Crippen molar-refractivity contribution in [3.63, 3.8) is 0 Å². The largest absolute Gasteiger partial charge is 0.573 e. The van der Waals surface area contributed by atoms with Gasteiger partial charge in [0.1, 0.15) is 18.2 Å². The summed E-state index contributed by atoms with van der Waals surface area (Å²) >= 11 is 0. The first kappa shape index (κ1) is 25.0. The van der Waals surface area contributed by atoms with Gasteiger partial charge < -0.3 is 19.3 Å². The molecule has 1 aromatic rings. The maximum absolute atomic E-state index is 14.1. The van der Waals surface area contributed by atoms with Crippen LogP contribution in [0.15, 0.2) is 18.2 Å². The number of benzene rings is 1. The van der Waals surface area contributed by atoms with Gasteiger partial charge in [-0.25, -0.2) is 20.0 Å². The van der Waals surface area contributed by atoms with Crippen molar-refractivity contribution in [2.24, 2.45) is 11.3 Å². The number of hydrazine groups is 2. The highest BCUT2D eigenvalue weighted by molar-refractivity contribution is 5.80. The minimum Gasteiger partial charge on any atom is -0.444 e. The number of halogens is 4. The van der Waals surface area contributed by atoms with Crippen LogP contribution < -0.4 is 21.1 Å².